The number of ether oxygens (including phenoxy) is 2. The average molecular weight is 369 g/mol. The first kappa shape index (κ1) is 18.7. The zero-order valence-electron chi connectivity index (χ0n) is 13.0. The van der Waals surface area contributed by atoms with Gasteiger partial charge in [-0.1, -0.05) is 0 Å². The Morgan fingerprint density at radius 2 is 2.00 bits per heavy atom. The third-order valence-electron chi connectivity index (χ3n) is 3.52. The number of rotatable bonds is 6. The van der Waals surface area contributed by atoms with Gasteiger partial charge in [-0.25, -0.2) is 17.7 Å². The van der Waals surface area contributed by atoms with Gasteiger partial charge in [-0.15, -0.1) is 0 Å². The number of sulfonamides is 1. The molecule has 1 aromatic rings. The molecule has 0 saturated carbocycles. The molecule has 1 aromatic heterocycles. The predicted molar refractivity (Wildman–Crippen MR) is 78.3 cm³/mol. The van der Waals surface area contributed by atoms with Gasteiger partial charge in [-0.3, -0.25) is 0 Å². The predicted octanol–water partition coefficient (Wildman–Crippen LogP) is 1.61. The van der Waals surface area contributed by atoms with E-state index in [1.807, 2.05) is 0 Å². The van der Waals surface area contributed by atoms with Crippen LogP contribution >= 0.6 is 0 Å². The van der Waals surface area contributed by atoms with Crippen molar-refractivity contribution in [3.05, 3.63) is 12.3 Å². The molecule has 0 amide bonds. The van der Waals surface area contributed by atoms with Gasteiger partial charge < -0.3 is 9.47 Å². The van der Waals surface area contributed by atoms with Crippen LogP contribution in [0.1, 0.15) is 19.3 Å². The number of methoxy groups -OCH3 is 1. The maximum absolute atomic E-state index is 12.2. The zero-order valence-corrected chi connectivity index (χ0v) is 13.8. The molecule has 0 spiro atoms. The molecular weight excluding hydrogens is 351 g/mol. The maximum atomic E-state index is 12.2. The maximum Gasteiger partial charge on any atom is 0.390 e. The largest absolute Gasteiger partial charge is 0.474 e. The highest BCUT2D eigenvalue weighted by molar-refractivity contribution is 7.89. The molecule has 0 aromatic carbocycles. The van der Waals surface area contributed by atoms with Crippen LogP contribution in [-0.4, -0.2) is 60.9 Å². The molecule has 136 valence electrons. The lowest BCUT2D eigenvalue weighted by molar-refractivity contribution is -0.130. The lowest BCUT2D eigenvalue weighted by Crippen LogP contribution is -2.43. The lowest BCUT2D eigenvalue weighted by Gasteiger charge is -2.31. The molecule has 24 heavy (non-hydrogen) atoms. The number of nitrogens with zero attached hydrogens (tertiary/aromatic N) is 3. The van der Waals surface area contributed by atoms with Crippen LogP contribution in [0.5, 0.6) is 11.9 Å². The van der Waals surface area contributed by atoms with Crippen LogP contribution in [0, 0.1) is 0 Å². The van der Waals surface area contributed by atoms with Gasteiger partial charge in [0.1, 0.15) is 6.10 Å². The van der Waals surface area contributed by atoms with Crippen molar-refractivity contribution in [2.45, 2.75) is 31.5 Å². The van der Waals surface area contributed by atoms with Crippen molar-refractivity contribution in [1.82, 2.24) is 14.3 Å². The molecule has 0 radical (unpaired) electrons. The normalized spacial score (nSPS) is 17.7. The first-order valence-corrected chi connectivity index (χ1v) is 8.89. The summed E-state index contributed by atoms with van der Waals surface area (Å²) in [6.07, 6.45) is -3.88. The average Bonchev–Trinajstić information content (AvgIpc) is 2.53. The van der Waals surface area contributed by atoms with E-state index in [1.54, 1.807) is 6.07 Å². The molecule has 0 N–H and O–H groups in total. The van der Waals surface area contributed by atoms with Crippen LogP contribution in [0.4, 0.5) is 13.2 Å². The van der Waals surface area contributed by atoms with E-state index in [-0.39, 0.29) is 25.2 Å². The van der Waals surface area contributed by atoms with Gasteiger partial charge in [0.15, 0.2) is 0 Å². The molecule has 11 heteroatoms. The topological polar surface area (TPSA) is 81.6 Å². The molecule has 0 bridgehead atoms. The van der Waals surface area contributed by atoms with Gasteiger partial charge in [0.2, 0.25) is 15.9 Å². The van der Waals surface area contributed by atoms with Crippen molar-refractivity contribution in [2.24, 2.45) is 0 Å². The summed E-state index contributed by atoms with van der Waals surface area (Å²) in [4.78, 5) is 7.84. The van der Waals surface area contributed by atoms with Gasteiger partial charge >= 0.3 is 12.2 Å². The van der Waals surface area contributed by atoms with E-state index in [0.717, 1.165) is 4.31 Å². The summed E-state index contributed by atoms with van der Waals surface area (Å²) in [6, 6.07) is 1.70. The highest BCUT2D eigenvalue weighted by Gasteiger charge is 2.34. The van der Waals surface area contributed by atoms with Crippen LogP contribution in [0.2, 0.25) is 0 Å². The zero-order chi connectivity index (χ0) is 17.8. The van der Waals surface area contributed by atoms with Crippen molar-refractivity contribution in [3.63, 3.8) is 0 Å². The molecule has 0 unspecified atom stereocenters. The standard InChI is InChI=1S/C13H18F3N3O4S/c1-22-12-17-6-2-11(18-12)23-10-3-7-19(8-4-10)24(20,21)9-5-13(14,15)16/h2,6,10H,3-5,7-9H2,1H3. The van der Waals surface area contributed by atoms with Crippen molar-refractivity contribution >= 4 is 10.0 Å². The Hall–Kier alpha value is -1.62. The Kier molecular flexibility index (Phi) is 5.86. The number of aromatic nitrogens is 2. The van der Waals surface area contributed by atoms with Gasteiger partial charge in [0, 0.05) is 25.4 Å². The Bertz CT molecular complexity index is 646. The first-order chi connectivity index (χ1) is 11.2. The summed E-state index contributed by atoms with van der Waals surface area (Å²) in [7, 11) is -2.49. The molecule has 0 atom stereocenters. The molecular formula is C13H18F3N3O4S. The van der Waals surface area contributed by atoms with E-state index in [0.29, 0.717) is 18.7 Å². The molecule has 2 rings (SSSR count). The van der Waals surface area contributed by atoms with Crippen molar-refractivity contribution in [2.75, 3.05) is 26.0 Å². The van der Waals surface area contributed by atoms with Crippen LogP contribution in [0.15, 0.2) is 12.3 Å². The lowest BCUT2D eigenvalue weighted by atomic mass is 10.1. The molecule has 7 nitrogen and oxygen atoms in total. The number of piperidine rings is 1. The van der Waals surface area contributed by atoms with Crippen LogP contribution < -0.4 is 9.47 Å². The monoisotopic (exact) mass is 369 g/mol. The molecule has 1 aliphatic heterocycles. The fraction of sp³-hybridized carbons (Fsp3) is 0.692. The fourth-order valence-electron chi connectivity index (χ4n) is 2.26. The number of hydrogen-bond acceptors (Lipinski definition) is 6. The number of halogens is 3. The molecule has 1 fully saturated rings. The van der Waals surface area contributed by atoms with E-state index < -0.39 is 28.4 Å². The Balaban J connectivity index is 1.86. The first-order valence-electron chi connectivity index (χ1n) is 7.28. The van der Waals surface area contributed by atoms with E-state index in [9.17, 15) is 21.6 Å². The van der Waals surface area contributed by atoms with Gasteiger partial charge in [-0.2, -0.15) is 18.2 Å². The van der Waals surface area contributed by atoms with Gasteiger partial charge in [-0.05, 0) is 12.8 Å². The molecule has 2 heterocycles. The Labute approximate surface area is 137 Å². The third-order valence-corrected chi connectivity index (χ3v) is 5.39. The molecule has 1 aliphatic rings. The number of hydrogen-bond donors (Lipinski definition) is 0. The van der Waals surface area contributed by atoms with Crippen molar-refractivity contribution < 1.29 is 31.1 Å². The van der Waals surface area contributed by atoms with Crippen molar-refractivity contribution in [1.29, 1.82) is 0 Å². The second-order valence-electron chi connectivity index (χ2n) is 5.28. The highest BCUT2D eigenvalue weighted by Crippen LogP contribution is 2.24. The highest BCUT2D eigenvalue weighted by atomic mass is 32.2. The fourth-order valence-corrected chi connectivity index (χ4v) is 3.78. The van der Waals surface area contributed by atoms with E-state index in [4.69, 9.17) is 9.47 Å². The smallest absolute Gasteiger partial charge is 0.390 e. The summed E-state index contributed by atoms with van der Waals surface area (Å²) in [5, 5.41) is 0. The molecule has 0 aliphatic carbocycles. The van der Waals surface area contributed by atoms with Crippen LogP contribution in [-0.2, 0) is 10.0 Å². The van der Waals surface area contributed by atoms with Gasteiger partial charge in [0.05, 0.1) is 19.3 Å². The van der Waals surface area contributed by atoms with Gasteiger partial charge in [0.25, 0.3) is 0 Å². The summed E-state index contributed by atoms with van der Waals surface area (Å²) in [5.41, 5.74) is 0. The second-order valence-corrected chi connectivity index (χ2v) is 7.37. The minimum atomic E-state index is -4.49. The minimum absolute atomic E-state index is 0.118. The summed E-state index contributed by atoms with van der Waals surface area (Å²) >= 11 is 0. The number of alkyl halides is 3. The third kappa shape index (κ3) is 5.48. The van der Waals surface area contributed by atoms with E-state index in [2.05, 4.69) is 9.97 Å². The second kappa shape index (κ2) is 7.51. The van der Waals surface area contributed by atoms with E-state index >= 15 is 0 Å². The Morgan fingerprint density at radius 3 is 2.58 bits per heavy atom. The minimum Gasteiger partial charge on any atom is -0.474 e. The summed E-state index contributed by atoms with van der Waals surface area (Å²) < 4.78 is 72.0. The van der Waals surface area contributed by atoms with Crippen LogP contribution in [0.3, 0.4) is 0 Å². The summed E-state index contributed by atoms with van der Waals surface area (Å²) in [5.74, 6) is -0.620. The SMILES string of the molecule is COc1nccc(OC2CCN(S(=O)(=O)CCC(F)(F)F)CC2)n1. The summed E-state index contributed by atoms with van der Waals surface area (Å²) in [6.45, 7) is 0.236. The van der Waals surface area contributed by atoms with Crippen LogP contribution in [0.25, 0.3) is 0 Å². The Morgan fingerprint density at radius 1 is 1.33 bits per heavy atom. The quantitative estimate of drug-likeness (QED) is 0.758. The van der Waals surface area contributed by atoms with Crippen molar-refractivity contribution in [3.8, 4) is 11.9 Å². The van der Waals surface area contributed by atoms with E-state index in [1.165, 1.54) is 13.3 Å². The molecule has 1 saturated heterocycles.